The molecular weight excluding hydrogens is 284 g/mol. The van der Waals surface area contributed by atoms with E-state index in [1.165, 1.54) is 56.9 Å². The molecular formula is C21H32O2. The molecule has 4 rings (SSSR count). The number of esters is 1. The number of hydrogen-bond donors (Lipinski definition) is 0. The van der Waals surface area contributed by atoms with Gasteiger partial charge in [-0.25, -0.2) is 0 Å². The molecule has 4 aliphatic carbocycles. The van der Waals surface area contributed by atoms with Crippen molar-refractivity contribution in [2.45, 2.75) is 71.6 Å². The van der Waals surface area contributed by atoms with E-state index in [4.69, 9.17) is 4.74 Å². The highest BCUT2D eigenvalue weighted by molar-refractivity contribution is 5.77. The van der Waals surface area contributed by atoms with Crippen molar-refractivity contribution < 1.29 is 9.53 Å². The van der Waals surface area contributed by atoms with E-state index < -0.39 is 0 Å². The third-order valence-electron chi connectivity index (χ3n) is 8.71. The predicted octanol–water partition coefficient (Wildman–Crippen LogP) is 5.13. The van der Waals surface area contributed by atoms with Gasteiger partial charge in [-0.3, -0.25) is 4.79 Å². The lowest BCUT2D eigenvalue weighted by Gasteiger charge is -2.63. The Bertz CT molecular complexity index is 552. The minimum atomic E-state index is -0.268. The summed E-state index contributed by atoms with van der Waals surface area (Å²) in [7, 11) is 1.57. The first-order valence-electron chi connectivity index (χ1n) is 9.62. The highest BCUT2D eigenvalue weighted by Gasteiger charge is 2.65. The van der Waals surface area contributed by atoms with Crippen LogP contribution in [0.5, 0.6) is 0 Å². The second-order valence-corrected chi connectivity index (χ2v) is 9.59. The number of methoxy groups -OCH3 is 1. The second kappa shape index (κ2) is 4.86. The number of hydrogen-bond acceptors (Lipinski definition) is 2. The minimum absolute atomic E-state index is 0.0360. The molecule has 23 heavy (non-hydrogen) atoms. The first-order valence-corrected chi connectivity index (χ1v) is 9.62. The average molecular weight is 316 g/mol. The maximum Gasteiger partial charge on any atom is 0.311 e. The van der Waals surface area contributed by atoms with Crippen LogP contribution in [0.25, 0.3) is 0 Å². The molecule has 6 atom stereocenters. The monoisotopic (exact) mass is 316 g/mol. The summed E-state index contributed by atoms with van der Waals surface area (Å²) in [6.45, 7) is 9.12. The fourth-order valence-electron chi connectivity index (χ4n) is 7.83. The summed E-state index contributed by atoms with van der Waals surface area (Å²) in [6, 6.07) is 0. The third kappa shape index (κ3) is 1.90. The van der Waals surface area contributed by atoms with Gasteiger partial charge in [0.25, 0.3) is 0 Å². The number of rotatable bonds is 1. The summed E-state index contributed by atoms with van der Waals surface area (Å²) < 4.78 is 5.25. The molecule has 4 fully saturated rings. The van der Waals surface area contributed by atoms with E-state index in [1.807, 2.05) is 0 Å². The highest BCUT2D eigenvalue weighted by Crippen LogP contribution is 2.72. The molecule has 0 unspecified atom stereocenters. The van der Waals surface area contributed by atoms with Gasteiger partial charge in [-0.1, -0.05) is 25.5 Å². The van der Waals surface area contributed by atoms with E-state index >= 15 is 0 Å². The fraction of sp³-hybridized carbons (Fsp3) is 0.857. The quantitative estimate of drug-likeness (QED) is 0.495. The van der Waals surface area contributed by atoms with E-state index in [9.17, 15) is 4.79 Å². The zero-order valence-electron chi connectivity index (χ0n) is 15.1. The van der Waals surface area contributed by atoms with Gasteiger partial charge in [0.05, 0.1) is 12.5 Å². The number of fused-ring (bicyclic) bond motifs is 3. The van der Waals surface area contributed by atoms with Gasteiger partial charge in [-0.05, 0) is 86.9 Å². The van der Waals surface area contributed by atoms with Gasteiger partial charge in [-0.15, -0.1) is 0 Å². The zero-order valence-corrected chi connectivity index (χ0v) is 15.1. The Morgan fingerprint density at radius 3 is 2.65 bits per heavy atom. The van der Waals surface area contributed by atoms with Crippen molar-refractivity contribution in [3.05, 3.63) is 12.2 Å². The van der Waals surface area contributed by atoms with Crippen LogP contribution in [0.4, 0.5) is 0 Å². The topological polar surface area (TPSA) is 26.3 Å². The maximum atomic E-state index is 12.6. The summed E-state index contributed by atoms with van der Waals surface area (Å²) in [4.78, 5) is 12.6. The van der Waals surface area contributed by atoms with Crippen molar-refractivity contribution in [1.29, 1.82) is 0 Å². The van der Waals surface area contributed by atoms with Crippen molar-refractivity contribution in [1.82, 2.24) is 0 Å². The van der Waals surface area contributed by atoms with Crippen LogP contribution in [0.3, 0.4) is 0 Å². The maximum absolute atomic E-state index is 12.6. The van der Waals surface area contributed by atoms with Gasteiger partial charge < -0.3 is 4.74 Å². The van der Waals surface area contributed by atoms with E-state index in [0.717, 1.165) is 18.3 Å². The lowest BCUT2D eigenvalue weighted by Crippen LogP contribution is -2.58. The van der Waals surface area contributed by atoms with Crippen LogP contribution in [-0.2, 0) is 9.53 Å². The molecule has 2 nitrogen and oxygen atoms in total. The Kier molecular flexibility index (Phi) is 3.32. The molecule has 0 N–H and O–H groups in total. The fourth-order valence-corrected chi connectivity index (χ4v) is 7.83. The molecule has 0 amide bonds. The van der Waals surface area contributed by atoms with Gasteiger partial charge >= 0.3 is 5.97 Å². The number of allylic oxidation sites excluding steroid dienone is 1. The number of carbonyl (C=O) groups is 1. The molecule has 0 aliphatic heterocycles. The Morgan fingerprint density at radius 2 is 1.91 bits per heavy atom. The Hall–Kier alpha value is -0.790. The predicted molar refractivity (Wildman–Crippen MR) is 91.8 cm³/mol. The van der Waals surface area contributed by atoms with Crippen molar-refractivity contribution in [3.8, 4) is 0 Å². The van der Waals surface area contributed by atoms with Crippen LogP contribution in [0.2, 0.25) is 0 Å². The van der Waals surface area contributed by atoms with Crippen LogP contribution >= 0.6 is 0 Å². The second-order valence-electron chi connectivity index (χ2n) is 9.59. The van der Waals surface area contributed by atoms with Gasteiger partial charge in [-0.2, -0.15) is 0 Å². The molecule has 4 aliphatic rings. The molecule has 1 spiro atoms. The van der Waals surface area contributed by atoms with Crippen LogP contribution < -0.4 is 0 Å². The van der Waals surface area contributed by atoms with Gasteiger partial charge in [0.1, 0.15) is 0 Å². The van der Waals surface area contributed by atoms with Gasteiger partial charge in [0.15, 0.2) is 0 Å². The molecule has 0 aromatic rings. The lowest BCUT2D eigenvalue weighted by molar-refractivity contribution is -0.183. The van der Waals surface area contributed by atoms with Crippen molar-refractivity contribution in [2.75, 3.05) is 7.11 Å². The van der Waals surface area contributed by atoms with Crippen LogP contribution in [0.1, 0.15) is 71.6 Å². The zero-order chi connectivity index (χ0) is 16.5. The van der Waals surface area contributed by atoms with E-state index in [1.54, 1.807) is 7.11 Å². The molecule has 2 bridgehead atoms. The SMILES string of the molecule is C=C1C[C@]23CC[C@@H]4[C@](C)(CCC[C@@]4(C)C(=O)OC)[C@H]2CC[C@H]1C3. The number of carbonyl (C=O) groups excluding carboxylic acids is 1. The van der Waals surface area contributed by atoms with E-state index in [0.29, 0.717) is 16.7 Å². The van der Waals surface area contributed by atoms with E-state index in [2.05, 4.69) is 20.4 Å². The molecule has 0 aromatic carbocycles. The summed E-state index contributed by atoms with van der Waals surface area (Å²) in [5.74, 6) is 2.11. The van der Waals surface area contributed by atoms with Crippen LogP contribution in [0.15, 0.2) is 12.2 Å². The molecule has 4 saturated carbocycles. The minimum Gasteiger partial charge on any atom is -0.469 e. The standard InChI is InChI=1S/C21H32O2/c1-14-12-21-11-8-16-19(2,17(21)7-6-15(14)13-21)9-5-10-20(16,3)18(22)23-4/h15-17H,1,5-13H2,2-4H3/t15-,16+,17+,19-,20+,21-/m0/s1. The summed E-state index contributed by atoms with van der Waals surface area (Å²) in [5, 5.41) is 0. The molecule has 0 aromatic heterocycles. The van der Waals surface area contributed by atoms with Crippen molar-refractivity contribution >= 4 is 5.97 Å². The Labute approximate surface area is 141 Å². The normalized spacial score (nSPS) is 51.8. The van der Waals surface area contributed by atoms with Gasteiger partial charge in [0, 0.05) is 0 Å². The van der Waals surface area contributed by atoms with E-state index in [-0.39, 0.29) is 11.4 Å². The lowest BCUT2D eigenvalue weighted by atomic mass is 9.41. The van der Waals surface area contributed by atoms with Gasteiger partial charge in [0.2, 0.25) is 0 Å². The Morgan fingerprint density at radius 1 is 1.13 bits per heavy atom. The smallest absolute Gasteiger partial charge is 0.311 e. The molecule has 2 heteroatoms. The van der Waals surface area contributed by atoms with Crippen LogP contribution in [0, 0.1) is 34.0 Å². The average Bonchev–Trinajstić information content (AvgIpc) is 2.75. The van der Waals surface area contributed by atoms with Crippen molar-refractivity contribution in [2.24, 2.45) is 34.0 Å². The molecule has 0 saturated heterocycles. The van der Waals surface area contributed by atoms with Crippen LogP contribution in [-0.4, -0.2) is 13.1 Å². The summed E-state index contributed by atoms with van der Waals surface area (Å²) >= 11 is 0. The first kappa shape index (κ1) is 15.7. The summed E-state index contributed by atoms with van der Waals surface area (Å²) in [5.41, 5.74) is 2.09. The number of ether oxygens (including phenoxy) is 1. The first-order chi connectivity index (χ1) is 10.9. The molecule has 0 heterocycles. The third-order valence-corrected chi connectivity index (χ3v) is 8.71. The highest BCUT2D eigenvalue weighted by atomic mass is 16.5. The molecule has 128 valence electrons. The Balaban J connectivity index is 1.73. The van der Waals surface area contributed by atoms with Crippen molar-refractivity contribution in [3.63, 3.8) is 0 Å². The largest absolute Gasteiger partial charge is 0.469 e. The summed E-state index contributed by atoms with van der Waals surface area (Å²) in [6.07, 6.45) is 11.3. The molecule has 0 radical (unpaired) electrons.